The zero-order valence-electron chi connectivity index (χ0n) is 14.0. The van der Waals surface area contributed by atoms with Crippen molar-refractivity contribution >= 4 is 23.0 Å². The van der Waals surface area contributed by atoms with Gasteiger partial charge in [0, 0.05) is 0 Å². The first-order valence-electron chi connectivity index (χ1n) is 8.50. The summed E-state index contributed by atoms with van der Waals surface area (Å²) >= 11 is 5.42. The third-order valence-electron chi connectivity index (χ3n) is 4.32. The summed E-state index contributed by atoms with van der Waals surface area (Å²) in [7, 11) is 0. The van der Waals surface area contributed by atoms with Gasteiger partial charge >= 0.3 is 0 Å². The van der Waals surface area contributed by atoms with Gasteiger partial charge in [-0.3, -0.25) is 0 Å². The van der Waals surface area contributed by atoms with E-state index in [1.807, 2.05) is 18.2 Å². The second-order valence-electron chi connectivity index (χ2n) is 6.11. The van der Waals surface area contributed by atoms with Gasteiger partial charge in [0.25, 0.3) is 0 Å². The standard InChI is InChI=1S/C19H22FN3OS/c20-16-8-4-5-9-17(16)21-19(25)22-18(15-6-2-1-3-7-15)14-23-10-12-24-13-11-23/h1-9,18H,10-14H2,(H2,21,22,25)/p+1/t18-/m1/s1. The lowest BCUT2D eigenvalue weighted by Crippen LogP contribution is -3.14. The minimum Gasteiger partial charge on any atom is -0.370 e. The molecule has 3 N–H and O–H groups in total. The summed E-state index contributed by atoms with van der Waals surface area (Å²) in [6.07, 6.45) is 0. The molecule has 0 spiro atoms. The number of ether oxygens (including phenoxy) is 1. The van der Waals surface area contributed by atoms with E-state index in [0.29, 0.717) is 10.8 Å². The third-order valence-corrected chi connectivity index (χ3v) is 4.54. The van der Waals surface area contributed by atoms with Crippen LogP contribution in [0.15, 0.2) is 54.6 Å². The van der Waals surface area contributed by atoms with E-state index >= 15 is 0 Å². The van der Waals surface area contributed by atoms with Crippen LogP contribution < -0.4 is 15.5 Å². The Balaban J connectivity index is 1.68. The van der Waals surface area contributed by atoms with Crippen molar-refractivity contribution in [1.82, 2.24) is 5.32 Å². The smallest absolute Gasteiger partial charge is 0.171 e. The largest absolute Gasteiger partial charge is 0.370 e. The quantitative estimate of drug-likeness (QED) is 0.711. The molecule has 0 unspecified atom stereocenters. The average molecular weight is 360 g/mol. The average Bonchev–Trinajstić information content (AvgIpc) is 2.65. The van der Waals surface area contributed by atoms with E-state index in [9.17, 15) is 4.39 Å². The lowest BCUT2D eigenvalue weighted by atomic mass is 10.1. The van der Waals surface area contributed by atoms with Crippen LogP contribution in [0.25, 0.3) is 0 Å². The van der Waals surface area contributed by atoms with Gasteiger partial charge in [-0.15, -0.1) is 0 Å². The Hall–Kier alpha value is -2.02. The second-order valence-corrected chi connectivity index (χ2v) is 6.52. The summed E-state index contributed by atoms with van der Waals surface area (Å²) in [5, 5.41) is 6.73. The van der Waals surface area contributed by atoms with Crippen LogP contribution in [-0.2, 0) is 4.74 Å². The van der Waals surface area contributed by atoms with E-state index in [2.05, 4.69) is 22.8 Å². The Morgan fingerprint density at radius 3 is 2.48 bits per heavy atom. The maximum Gasteiger partial charge on any atom is 0.171 e. The number of rotatable bonds is 5. The topological polar surface area (TPSA) is 37.7 Å². The van der Waals surface area contributed by atoms with Gasteiger partial charge < -0.3 is 20.3 Å². The van der Waals surface area contributed by atoms with Crippen LogP contribution in [0.2, 0.25) is 0 Å². The van der Waals surface area contributed by atoms with Gasteiger partial charge in [0.1, 0.15) is 31.5 Å². The highest BCUT2D eigenvalue weighted by Gasteiger charge is 2.22. The van der Waals surface area contributed by atoms with Crippen LogP contribution >= 0.6 is 12.2 Å². The lowest BCUT2D eigenvalue weighted by molar-refractivity contribution is -0.909. The van der Waals surface area contributed by atoms with E-state index < -0.39 is 0 Å². The third kappa shape index (κ3) is 5.22. The number of thiocarbonyl (C=S) groups is 1. The van der Waals surface area contributed by atoms with Crippen molar-refractivity contribution in [2.24, 2.45) is 0 Å². The van der Waals surface area contributed by atoms with Gasteiger partial charge in [-0.05, 0) is 29.9 Å². The van der Waals surface area contributed by atoms with Crippen molar-refractivity contribution in [2.75, 3.05) is 38.2 Å². The van der Waals surface area contributed by atoms with Crippen LogP contribution in [0.4, 0.5) is 10.1 Å². The summed E-state index contributed by atoms with van der Waals surface area (Å²) in [5.41, 5.74) is 1.55. The molecule has 1 atom stereocenters. The monoisotopic (exact) mass is 360 g/mol. The molecular formula is C19H23FN3OS+. The molecule has 0 bridgehead atoms. The molecule has 0 saturated carbocycles. The van der Waals surface area contributed by atoms with E-state index in [0.717, 1.165) is 32.8 Å². The summed E-state index contributed by atoms with van der Waals surface area (Å²) < 4.78 is 19.3. The number of hydrogen-bond donors (Lipinski definition) is 3. The van der Waals surface area contributed by atoms with Gasteiger partial charge in [-0.1, -0.05) is 42.5 Å². The summed E-state index contributed by atoms with van der Waals surface area (Å²) in [4.78, 5) is 1.47. The molecule has 1 fully saturated rings. The zero-order chi connectivity index (χ0) is 17.5. The number of para-hydroxylation sites is 1. The first-order valence-corrected chi connectivity index (χ1v) is 8.91. The summed E-state index contributed by atoms with van der Waals surface area (Å²) in [5.74, 6) is -0.318. The fraction of sp³-hybridized carbons (Fsp3) is 0.316. The molecule has 1 aliphatic heterocycles. The molecule has 0 aromatic heterocycles. The number of nitrogens with one attached hydrogen (secondary N) is 3. The molecule has 132 valence electrons. The van der Waals surface area contributed by atoms with Gasteiger partial charge in [-0.25, -0.2) is 4.39 Å². The van der Waals surface area contributed by atoms with Crippen LogP contribution in [0.1, 0.15) is 11.6 Å². The molecule has 2 aromatic rings. The van der Waals surface area contributed by atoms with E-state index in [-0.39, 0.29) is 11.9 Å². The molecule has 0 aliphatic carbocycles. The van der Waals surface area contributed by atoms with Gasteiger partial charge in [0.05, 0.1) is 18.9 Å². The molecule has 0 radical (unpaired) electrons. The Bertz CT molecular complexity index is 692. The molecule has 2 aromatic carbocycles. The maximum atomic E-state index is 13.8. The molecule has 3 rings (SSSR count). The molecule has 6 heteroatoms. The predicted octanol–water partition coefficient (Wildman–Crippen LogP) is 1.77. The van der Waals surface area contributed by atoms with E-state index in [1.165, 1.54) is 16.5 Å². The molecular weight excluding hydrogens is 337 g/mol. The molecule has 25 heavy (non-hydrogen) atoms. The van der Waals surface area contributed by atoms with E-state index in [1.54, 1.807) is 18.2 Å². The van der Waals surface area contributed by atoms with Crippen molar-refractivity contribution in [3.8, 4) is 0 Å². The number of morpholine rings is 1. The van der Waals surface area contributed by atoms with Crippen LogP contribution in [0.3, 0.4) is 0 Å². The predicted molar refractivity (Wildman–Crippen MR) is 101 cm³/mol. The first kappa shape index (κ1) is 17.8. The zero-order valence-corrected chi connectivity index (χ0v) is 14.8. The minimum absolute atomic E-state index is 0.0565. The van der Waals surface area contributed by atoms with Crippen LogP contribution in [0, 0.1) is 5.82 Å². The summed E-state index contributed by atoms with van der Waals surface area (Å²) in [6, 6.07) is 16.8. The molecule has 4 nitrogen and oxygen atoms in total. The normalized spacial score (nSPS) is 16.2. The Morgan fingerprint density at radius 2 is 1.76 bits per heavy atom. The Kier molecular flexibility index (Phi) is 6.33. The van der Waals surface area contributed by atoms with Gasteiger partial charge in [-0.2, -0.15) is 0 Å². The van der Waals surface area contributed by atoms with E-state index in [4.69, 9.17) is 17.0 Å². The number of anilines is 1. The minimum atomic E-state index is -0.318. The maximum absolute atomic E-state index is 13.8. The van der Waals surface area contributed by atoms with Crippen molar-refractivity contribution in [1.29, 1.82) is 0 Å². The number of halogens is 1. The van der Waals surface area contributed by atoms with Gasteiger partial charge in [0.15, 0.2) is 5.11 Å². The number of hydrogen-bond acceptors (Lipinski definition) is 2. The highest BCUT2D eigenvalue weighted by atomic mass is 32.1. The Morgan fingerprint density at radius 1 is 1.08 bits per heavy atom. The van der Waals surface area contributed by atoms with Crippen LogP contribution in [-0.4, -0.2) is 38.0 Å². The molecule has 1 saturated heterocycles. The molecule has 0 amide bonds. The van der Waals surface area contributed by atoms with Gasteiger partial charge in [0.2, 0.25) is 0 Å². The number of benzene rings is 2. The molecule has 1 aliphatic rings. The number of quaternary nitrogens is 1. The first-order chi connectivity index (χ1) is 12.2. The van der Waals surface area contributed by atoms with Crippen LogP contribution in [0.5, 0.6) is 0 Å². The molecule has 1 heterocycles. The fourth-order valence-corrected chi connectivity index (χ4v) is 3.22. The fourth-order valence-electron chi connectivity index (χ4n) is 2.97. The SMILES string of the molecule is Fc1ccccc1NC(=S)N[C@H](C[NH+]1CCOCC1)c1ccccc1. The highest BCUT2D eigenvalue weighted by Crippen LogP contribution is 2.14. The second kappa shape index (κ2) is 8.89. The van der Waals surface area contributed by atoms with Crippen molar-refractivity contribution in [3.63, 3.8) is 0 Å². The van der Waals surface area contributed by atoms with Crippen molar-refractivity contribution < 1.29 is 14.0 Å². The van der Waals surface area contributed by atoms with Crippen molar-refractivity contribution in [2.45, 2.75) is 6.04 Å². The summed E-state index contributed by atoms with van der Waals surface area (Å²) in [6.45, 7) is 4.44. The lowest BCUT2D eigenvalue weighted by Gasteiger charge is -2.29. The Labute approximate surface area is 153 Å². The van der Waals surface area contributed by atoms with Crippen molar-refractivity contribution in [3.05, 3.63) is 66.0 Å². The highest BCUT2D eigenvalue weighted by molar-refractivity contribution is 7.80.